The fourth-order valence-electron chi connectivity index (χ4n) is 0.448. The van der Waals surface area contributed by atoms with E-state index in [1.54, 1.807) is 0 Å². The molecule has 0 saturated heterocycles. The predicted octanol–water partition coefficient (Wildman–Crippen LogP) is -0.0891. The summed E-state index contributed by atoms with van der Waals surface area (Å²) in [5.74, 6) is 0. The first-order chi connectivity index (χ1) is 5.16. The maximum absolute atomic E-state index is 7.26. The summed E-state index contributed by atoms with van der Waals surface area (Å²) >= 11 is 0. The van der Waals surface area contributed by atoms with Crippen LogP contribution in [0.5, 0.6) is 0 Å². The molecule has 1 aromatic rings. The molecule has 44 valence electrons. The highest BCUT2D eigenvalue weighted by molar-refractivity contribution is 4.93. The number of aromatic amines is 1. The lowest BCUT2D eigenvalue weighted by Crippen LogP contribution is -2.02. The minimum Gasteiger partial charge on any atom is -0.351 e. The summed E-state index contributed by atoms with van der Waals surface area (Å²) in [5.41, 5.74) is 5.66. The van der Waals surface area contributed by atoms with Crippen molar-refractivity contribution in [2.24, 2.45) is 5.73 Å². The van der Waals surface area contributed by atoms with Crippen molar-refractivity contribution in [2.45, 2.75) is 6.42 Å². The molecule has 0 bridgehead atoms. The molecule has 0 aliphatic carbocycles. The van der Waals surface area contributed by atoms with E-state index in [9.17, 15) is 0 Å². The Morgan fingerprint density at radius 3 is 3.50 bits per heavy atom. The summed E-state index contributed by atoms with van der Waals surface area (Å²) in [5, 5.41) is 0. The van der Waals surface area contributed by atoms with Gasteiger partial charge < -0.3 is 10.7 Å². The molecule has 3 nitrogen and oxygen atoms in total. The van der Waals surface area contributed by atoms with Crippen LogP contribution in [0, 0.1) is 0 Å². The van der Waals surface area contributed by atoms with Crippen LogP contribution in [-0.2, 0) is 6.42 Å². The molecule has 0 unspecified atom stereocenters. The van der Waals surface area contributed by atoms with Crippen LogP contribution in [0.1, 0.15) is 8.44 Å². The molecule has 0 amide bonds. The van der Waals surface area contributed by atoms with E-state index in [0.29, 0.717) is 23.6 Å². The molecule has 0 fully saturated rings. The minimum absolute atomic E-state index is 0.0412. The van der Waals surface area contributed by atoms with Gasteiger partial charge in [-0.25, -0.2) is 4.98 Å². The van der Waals surface area contributed by atoms with E-state index in [4.69, 9.17) is 9.89 Å². The first-order valence-electron chi connectivity index (χ1n) is 3.85. The Morgan fingerprint density at radius 1 is 2.12 bits per heavy atom. The molecule has 8 heavy (non-hydrogen) atoms. The molecule has 1 aromatic heterocycles. The van der Waals surface area contributed by atoms with Crippen molar-refractivity contribution in [3.05, 3.63) is 18.2 Å². The van der Waals surface area contributed by atoms with Crippen LogP contribution >= 0.6 is 0 Å². The number of rotatable bonds is 2. The SMILES string of the molecule is [2H]c1nc(CCN)c([2H])n1[2H]. The van der Waals surface area contributed by atoms with Crippen LogP contribution < -0.4 is 5.73 Å². The number of hydrogen-bond acceptors (Lipinski definition) is 2. The standard InChI is InChI=1S/C5H9N3/c6-2-1-5-3-7-4-8-5/h3-4H,1-2,6H2,(H,7,8)/i3D,4D/hD. The van der Waals surface area contributed by atoms with E-state index >= 15 is 0 Å². The van der Waals surface area contributed by atoms with Crippen LogP contribution in [0.15, 0.2) is 12.5 Å². The van der Waals surface area contributed by atoms with Gasteiger partial charge in [0, 0.05) is 12.6 Å². The monoisotopic (exact) mass is 114 g/mol. The lowest BCUT2D eigenvalue weighted by Gasteiger charge is -1.85. The van der Waals surface area contributed by atoms with Gasteiger partial charge in [0.1, 0.15) is 1.37 Å². The summed E-state index contributed by atoms with van der Waals surface area (Å²) in [6.07, 6.45) is 0.204. The molecule has 0 saturated carbocycles. The highest BCUT2D eigenvalue weighted by atomic mass is 14.9. The van der Waals surface area contributed by atoms with E-state index in [0.717, 1.165) is 0 Å². The molecule has 0 aliphatic heterocycles. The fraction of sp³-hybridized carbons (Fsp3) is 0.400. The van der Waals surface area contributed by atoms with Crippen molar-refractivity contribution in [1.82, 2.24) is 9.96 Å². The first-order valence-corrected chi connectivity index (χ1v) is 2.41. The quantitative estimate of drug-likeness (QED) is 0.564. The van der Waals surface area contributed by atoms with Crippen molar-refractivity contribution < 1.29 is 4.15 Å². The van der Waals surface area contributed by atoms with Gasteiger partial charge >= 0.3 is 0 Å². The number of hydrogen-bond donors (Lipinski definition) is 2. The lowest BCUT2D eigenvalue weighted by molar-refractivity contribution is 0.935. The molecule has 0 spiro atoms. The predicted molar refractivity (Wildman–Crippen MR) is 31.3 cm³/mol. The Hall–Kier alpha value is -0.830. The number of imidazole rings is 1. The van der Waals surface area contributed by atoms with E-state index in [1.807, 2.05) is 0 Å². The average molecular weight is 114 g/mol. The molecule has 1 heterocycles. The summed E-state index contributed by atoms with van der Waals surface area (Å²) < 4.78 is 21.4. The molecule has 3 N–H and O–H groups in total. The molecule has 0 aromatic carbocycles. The van der Waals surface area contributed by atoms with Crippen molar-refractivity contribution >= 4 is 0 Å². The number of nitrogens with zero attached hydrogens (tertiary/aromatic N) is 1. The fourth-order valence-corrected chi connectivity index (χ4v) is 0.448. The van der Waals surface area contributed by atoms with Crippen molar-refractivity contribution in [2.75, 3.05) is 6.54 Å². The van der Waals surface area contributed by atoms with Gasteiger partial charge in [0.05, 0.1) is 13.4 Å². The highest BCUT2D eigenvalue weighted by Gasteiger charge is 1.87. The second-order valence-electron chi connectivity index (χ2n) is 1.42. The van der Waals surface area contributed by atoms with Gasteiger partial charge in [-0.1, -0.05) is 0 Å². The topological polar surface area (TPSA) is 54.7 Å². The third-order valence-electron chi connectivity index (χ3n) is 0.801. The zero-order chi connectivity index (χ0) is 8.43. The van der Waals surface area contributed by atoms with Gasteiger partial charge in [0.15, 0.2) is 1.41 Å². The van der Waals surface area contributed by atoms with Gasteiger partial charge in [0.25, 0.3) is 0 Å². The van der Waals surface area contributed by atoms with Crippen LogP contribution in [-0.4, -0.2) is 16.5 Å². The van der Waals surface area contributed by atoms with E-state index in [-0.39, 0.29) is 12.5 Å². The van der Waals surface area contributed by atoms with Crippen molar-refractivity contribution in [3.63, 3.8) is 0 Å². The van der Waals surface area contributed by atoms with Gasteiger partial charge in [-0.3, -0.25) is 0 Å². The molecule has 0 radical (unpaired) electrons. The molecular weight excluding hydrogens is 102 g/mol. The van der Waals surface area contributed by atoms with Crippen LogP contribution in [0.3, 0.4) is 0 Å². The van der Waals surface area contributed by atoms with E-state index in [2.05, 4.69) is 4.98 Å². The number of H-pyrrole nitrogens is 1. The van der Waals surface area contributed by atoms with Gasteiger partial charge in [-0.15, -0.1) is 0 Å². The Balaban J connectivity index is 2.98. The second-order valence-corrected chi connectivity index (χ2v) is 1.42. The molecular formula is C5H9N3. The Morgan fingerprint density at radius 2 is 3.00 bits per heavy atom. The molecule has 3 heteroatoms. The van der Waals surface area contributed by atoms with Gasteiger partial charge in [0.2, 0.25) is 0 Å². The second kappa shape index (κ2) is 2.47. The molecule has 0 aliphatic rings. The first kappa shape index (κ1) is 2.64. The van der Waals surface area contributed by atoms with Crippen molar-refractivity contribution in [3.8, 4) is 0 Å². The van der Waals surface area contributed by atoms with Crippen LogP contribution in [0.2, 0.25) is 1.41 Å². The third-order valence-corrected chi connectivity index (χ3v) is 0.801. The normalized spacial score (nSPS) is 14.9. The van der Waals surface area contributed by atoms with Gasteiger partial charge in [-0.2, -0.15) is 0 Å². The minimum atomic E-state index is -0.210. The summed E-state index contributed by atoms with van der Waals surface area (Å²) in [6.45, 7) is 0.391. The molecule has 0 atom stereocenters. The summed E-state index contributed by atoms with van der Waals surface area (Å²) in [6, 6.07) is 0. The summed E-state index contributed by atoms with van der Waals surface area (Å²) in [7, 11) is 0. The van der Waals surface area contributed by atoms with Crippen molar-refractivity contribution in [1.29, 1.82) is 0 Å². The Bertz CT molecular complexity index is 258. The van der Waals surface area contributed by atoms with Gasteiger partial charge in [-0.05, 0) is 6.54 Å². The third kappa shape index (κ3) is 1.07. The molecule has 1 rings (SSSR count). The number of nitrogens with one attached hydrogen (secondary N) is 1. The highest BCUT2D eigenvalue weighted by Crippen LogP contribution is 1.88. The zero-order valence-corrected chi connectivity index (χ0v) is 4.39. The average Bonchev–Trinajstić information content (AvgIpc) is 2.19. The number of nitrogens with two attached hydrogens (primary N) is 1. The Kier molecular flexibility index (Phi) is 0.815. The number of aromatic nitrogens is 2. The van der Waals surface area contributed by atoms with Crippen LogP contribution in [0.4, 0.5) is 0 Å². The summed E-state index contributed by atoms with van der Waals surface area (Å²) in [4.78, 5) is 4.35. The maximum Gasteiger partial charge on any atom is 0.167 e. The van der Waals surface area contributed by atoms with E-state index in [1.165, 1.54) is 0 Å². The Labute approximate surface area is 52.2 Å². The van der Waals surface area contributed by atoms with Crippen LogP contribution in [0.25, 0.3) is 0 Å². The smallest absolute Gasteiger partial charge is 0.167 e. The zero-order valence-electron chi connectivity index (χ0n) is 7.39. The largest absolute Gasteiger partial charge is 0.351 e. The maximum atomic E-state index is 7.26. The lowest BCUT2D eigenvalue weighted by atomic mass is 10.3. The van der Waals surface area contributed by atoms with E-state index < -0.39 is 0 Å².